The molecule has 0 unspecified atom stereocenters. The summed E-state index contributed by atoms with van der Waals surface area (Å²) in [5, 5.41) is 0. The van der Waals surface area contributed by atoms with Gasteiger partial charge < -0.3 is 4.74 Å². The first kappa shape index (κ1) is 12.6. The third kappa shape index (κ3) is 11.6. The van der Waals surface area contributed by atoms with Crippen molar-refractivity contribution in [2.24, 2.45) is 0 Å². The normalized spacial score (nSPS) is 11.5. The molecule has 0 aromatic rings. The number of rotatable bonds is 7. The van der Waals surface area contributed by atoms with E-state index in [4.69, 9.17) is 9.29 Å². The van der Waals surface area contributed by atoms with E-state index >= 15 is 0 Å². The molecule has 1 N–H and O–H groups in total. The molecule has 4 nitrogen and oxygen atoms in total. The molecule has 0 atom stereocenters. The molecule has 13 heavy (non-hydrogen) atoms. The highest BCUT2D eigenvalue weighted by Gasteiger charge is 2.02. The first-order valence-corrected chi connectivity index (χ1v) is 5.70. The summed E-state index contributed by atoms with van der Waals surface area (Å²) < 4.78 is 34.1. The summed E-state index contributed by atoms with van der Waals surface area (Å²) in [6, 6.07) is 0. The molecule has 0 saturated carbocycles. The van der Waals surface area contributed by atoms with Crippen LogP contribution >= 0.6 is 0 Å². The van der Waals surface area contributed by atoms with Crippen molar-refractivity contribution in [2.45, 2.75) is 19.8 Å². The van der Waals surface area contributed by atoms with Gasteiger partial charge in [-0.1, -0.05) is 12.2 Å². The van der Waals surface area contributed by atoms with Crippen LogP contribution in [-0.2, 0) is 14.9 Å². The van der Waals surface area contributed by atoms with Crippen LogP contribution in [0, 0.1) is 0 Å². The maximum absolute atomic E-state index is 10.3. The van der Waals surface area contributed by atoms with Gasteiger partial charge in [-0.25, -0.2) is 0 Å². The number of unbranched alkanes of at least 4 members (excludes halogenated alkanes) is 1. The van der Waals surface area contributed by atoms with Gasteiger partial charge in [-0.2, -0.15) is 8.42 Å². The Bertz CT molecular complexity index is 243. The summed E-state index contributed by atoms with van der Waals surface area (Å²) in [6.07, 6.45) is 1.06. The Morgan fingerprint density at radius 1 is 1.46 bits per heavy atom. The van der Waals surface area contributed by atoms with E-state index in [9.17, 15) is 8.42 Å². The van der Waals surface area contributed by atoms with Gasteiger partial charge in [0, 0.05) is 6.61 Å². The Kier molecular flexibility index (Phi) is 5.94. The van der Waals surface area contributed by atoms with Gasteiger partial charge in [-0.05, 0) is 19.8 Å². The SMILES string of the molecule is C=C(C)COCCCCS(=O)(=O)O. The number of hydrogen-bond acceptors (Lipinski definition) is 3. The fraction of sp³-hybridized carbons (Fsp3) is 0.750. The predicted octanol–water partition coefficient (Wildman–Crippen LogP) is 1.25. The Balaban J connectivity index is 3.23. The molecular weight excluding hydrogens is 192 g/mol. The van der Waals surface area contributed by atoms with Crippen molar-refractivity contribution in [2.75, 3.05) is 19.0 Å². The molecule has 0 fully saturated rings. The van der Waals surface area contributed by atoms with Crippen LogP contribution in [0.2, 0.25) is 0 Å². The van der Waals surface area contributed by atoms with Gasteiger partial charge in [0.05, 0.1) is 12.4 Å². The van der Waals surface area contributed by atoms with E-state index in [1.807, 2.05) is 6.92 Å². The number of hydrogen-bond donors (Lipinski definition) is 1. The monoisotopic (exact) mass is 208 g/mol. The van der Waals surface area contributed by atoms with Gasteiger partial charge in [-0.3, -0.25) is 4.55 Å². The second-order valence-corrected chi connectivity index (χ2v) is 4.57. The third-order valence-electron chi connectivity index (χ3n) is 1.29. The quantitative estimate of drug-likeness (QED) is 0.388. The number of ether oxygens (including phenoxy) is 1. The van der Waals surface area contributed by atoms with E-state index in [1.165, 1.54) is 0 Å². The van der Waals surface area contributed by atoms with Crippen LogP contribution in [0.25, 0.3) is 0 Å². The fourth-order valence-corrected chi connectivity index (χ4v) is 1.30. The lowest BCUT2D eigenvalue weighted by Crippen LogP contribution is -2.05. The van der Waals surface area contributed by atoms with Gasteiger partial charge in [-0.15, -0.1) is 0 Å². The van der Waals surface area contributed by atoms with Gasteiger partial charge in [0.25, 0.3) is 10.1 Å². The molecule has 0 radical (unpaired) electrons. The largest absolute Gasteiger partial charge is 0.377 e. The minimum Gasteiger partial charge on any atom is -0.377 e. The Morgan fingerprint density at radius 3 is 2.54 bits per heavy atom. The maximum atomic E-state index is 10.3. The second kappa shape index (κ2) is 6.12. The lowest BCUT2D eigenvalue weighted by molar-refractivity contribution is 0.153. The summed E-state index contributed by atoms with van der Waals surface area (Å²) >= 11 is 0. The van der Waals surface area contributed by atoms with Crippen LogP contribution < -0.4 is 0 Å². The van der Waals surface area contributed by atoms with E-state index in [0.29, 0.717) is 26.1 Å². The van der Waals surface area contributed by atoms with Crippen LogP contribution in [0.4, 0.5) is 0 Å². The van der Waals surface area contributed by atoms with E-state index < -0.39 is 10.1 Å². The molecule has 0 aliphatic rings. The van der Waals surface area contributed by atoms with Crippen molar-refractivity contribution in [3.8, 4) is 0 Å². The molecule has 0 saturated heterocycles. The molecule has 5 heteroatoms. The minimum absolute atomic E-state index is 0.191. The summed E-state index contributed by atoms with van der Waals surface area (Å²) in [7, 11) is -3.80. The van der Waals surface area contributed by atoms with Gasteiger partial charge >= 0.3 is 0 Å². The molecule has 0 heterocycles. The highest BCUT2D eigenvalue weighted by molar-refractivity contribution is 7.85. The van der Waals surface area contributed by atoms with E-state index in [1.54, 1.807) is 0 Å². The second-order valence-electron chi connectivity index (χ2n) is 3.00. The van der Waals surface area contributed by atoms with Gasteiger partial charge in [0.1, 0.15) is 0 Å². The standard InChI is InChI=1S/C8H16O4S/c1-8(2)7-12-5-3-4-6-13(9,10)11/h1,3-7H2,2H3,(H,9,10,11). The van der Waals surface area contributed by atoms with Crippen molar-refractivity contribution >= 4 is 10.1 Å². The van der Waals surface area contributed by atoms with Crippen LogP contribution in [-0.4, -0.2) is 31.9 Å². The molecule has 78 valence electrons. The van der Waals surface area contributed by atoms with Crippen LogP contribution in [0.5, 0.6) is 0 Å². The van der Waals surface area contributed by atoms with E-state index in [2.05, 4.69) is 6.58 Å². The lowest BCUT2D eigenvalue weighted by atomic mass is 10.3. The summed E-state index contributed by atoms with van der Waals surface area (Å²) in [5.41, 5.74) is 0.940. The highest BCUT2D eigenvalue weighted by Crippen LogP contribution is 1.96. The van der Waals surface area contributed by atoms with Gasteiger partial charge in [0.15, 0.2) is 0 Å². The third-order valence-corrected chi connectivity index (χ3v) is 2.09. The van der Waals surface area contributed by atoms with Crippen LogP contribution in [0.1, 0.15) is 19.8 Å². The first-order valence-electron chi connectivity index (χ1n) is 4.09. The summed E-state index contributed by atoms with van der Waals surface area (Å²) in [5.74, 6) is -0.191. The van der Waals surface area contributed by atoms with Crippen molar-refractivity contribution < 1.29 is 17.7 Å². The molecule has 0 spiro atoms. The topological polar surface area (TPSA) is 63.6 Å². The smallest absolute Gasteiger partial charge is 0.264 e. The summed E-state index contributed by atoms with van der Waals surface area (Å²) in [6.45, 7) is 6.52. The maximum Gasteiger partial charge on any atom is 0.264 e. The Labute approximate surface area is 79.3 Å². The van der Waals surface area contributed by atoms with Crippen molar-refractivity contribution in [3.05, 3.63) is 12.2 Å². The zero-order valence-corrected chi connectivity index (χ0v) is 8.64. The van der Waals surface area contributed by atoms with Crippen LogP contribution in [0.15, 0.2) is 12.2 Å². The van der Waals surface area contributed by atoms with E-state index in [-0.39, 0.29) is 5.75 Å². The van der Waals surface area contributed by atoms with Crippen LogP contribution in [0.3, 0.4) is 0 Å². The molecule has 0 aromatic heterocycles. The molecule has 0 aliphatic carbocycles. The van der Waals surface area contributed by atoms with Crippen molar-refractivity contribution in [3.63, 3.8) is 0 Å². The van der Waals surface area contributed by atoms with Gasteiger partial charge in [0.2, 0.25) is 0 Å². The molecule has 0 amide bonds. The fourth-order valence-electron chi connectivity index (χ4n) is 0.735. The van der Waals surface area contributed by atoms with E-state index in [0.717, 1.165) is 5.57 Å². The zero-order chi connectivity index (χ0) is 10.3. The highest BCUT2D eigenvalue weighted by atomic mass is 32.2. The first-order chi connectivity index (χ1) is 5.92. The molecular formula is C8H16O4S. The Hall–Kier alpha value is -0.390. The van der Waals surface area contributed by atoms with Crippen molar-refractivity contribution in [1.82, 2.24) is 0 Å². The molecule has 0 aromatic carbocycles. The predicted molar refractivity (Wildman–Crippen MR) is 51.3 cm³/mol. The minimum atomic E-state index is -3.80. The summed E-state index contributed by atoms with van der Waals surface area (Å²) in [4.78, 5) is 0. The molecule has 0 bridgehead atoms. The molecule has 0 rings (SSSR count). The molecule has 0 aliphatic heterocycles. The lowest BCUT2D eigenvalue weighted by Gasteiger charge is -2.02. The zero-order valence-electron chi connectivity index (χ0n) is 7.82. The Morgan fingerprint density at radius 2 is 2.08 bits per heavy atom. The average Bonchev–Trinajstić information content (AvgIpc) is 1.93. The average molecular weight is 208 g/mol. The van der Waals surface area contributed by atoms with Crippen molar-refractivity contribution in [1.29, 1.82) is 0 Å².